The Labute approximate surface area is 256 Å². The number of nitrogens with one attached hydrogen (secondary N) is 2. The number of piperidine rings is 1. The van der Waals surface area contributed by atoms with Crippen LogP contribution in [0.3, 0.4) is 0 Å². The van der Waals surface area contributed by atoms with Gasteiger partial charge in [-0.05, 0) is 77.1 Å². The average molecular weight is 634 g/mol. The van der Waals surface area contributed by atoms with Gasteiger partial charge in [0, 0.05) is 19.2 Å². The van der Waals surface area contributed by atoms with Gasteiger partial charge < -0.3 is 25.0 Å². The summed E-state index contributed by atoms with van der Waals surface area (Å²) >= 11 is 6.35. The van der Waals surface area contributed by atoms with Gasteiger partial charge in [-0.15, -0.1) is 0 Å². The first-order valence-corrected chi connectivity index (χ1v) is 15.9. The summed E-state index contributed by atoms with van der Waals surface area (Å²) in [4.78, 5) is 22.8. The summed E-state index contributed by atoms with van der Waals surface area (Å²) in [5.74, 6) is 0.101. The van der Waals surface area contributed by atoms with Gasteiger partial charge in [-0.1, -0.05) is 23.7 Å². The maximum atomic E-state index is 15.5. The highest BCUT2D eigenvalue weighted by atomic mass is 35.5. The van der Waals surface area contributed by atoms with Gasteiger partial charge in [0.1, 0.15) is 22.2 Å². The van der Waals surface area contributed by atoms with Crippen molar-refractivity contribution in [1.29, 1.82) is 0 Å². The lowest BCUT2D eigenvalue weighted by molar-refractivity contribution is 0.0204. The third-order valence-electron chi connectivity index (χ3n) is 6.96. The molecule has 232 valence electrons. The van der Waals surface area contributed by atoms with Gasteiger partial charge in [0.15, 0.2) is 15.7 Å². The van der Waals surface area contributed by atoms with Crippen LogP contribution in [-0.2, 0) is 14.6 Å². The lowest BCUT2D eigenvalue weighted by Gasteiger charge is -2.33. The summed E-state index contributed by atoms with van der Waals surface area (Å²) in [6, 6.07) is 9.45. The fraction of sp³-hybridized carbons (Fsp3) is 0.433. The highest BCUT2D eigenvalue weighted by Gasteiger charge is 2.29. The highest BCUT2D eigenvalue weighted by Crippen LogP contribution is 2.38. The third-order valence-corrected chi connectivity index (χ3v) is 9.45. The number of carbonyl (C=O) groups is 1. The smallest absolute Gasteiger partial charge is 0.410 e. The van der Waals surface area contributed by atoms with E-state index in [4.69, 9.17) is 21.1 Å². The number of hydrogen-bond acceptors (Lipinski definition) is 9. The second kappa shape index (κ2) is 12.9. The van der Waals surface area contributed by atoms with E-state index in [2.05, 4.69) is 20.6 Å². The van der Waals surface area contributed by atoms with Gasteiger partial charge in [0.05, 0.1) is 34.8 Å². The van der Waals surface area contributed by atoms with Crippen molar-refractivity contribution in [3.05, 3.63) is 59.0 Å². The van der Waals surface area contributed by atoms with Crippen LogP contribution in [0.4, 0.5) is 32.3 Å². The Morgan fingerprint density at radius 1 is 1.12 bits per heavy atom. The van der Waals surface area contributed by atoms with Crippen molar-refractivity contribution in [2.45, 2.75) is 69.1 Å². The molecule has 1 amide bonds. The lowest BCUT2D eigenvalue weighted by Crippen LogP contribution is -2.41. The lowest BCUT2D eigenvalue weighted by atomic mass is 9.89. The Bertz CT molecular complexity index is 1590. The number of aromatic nitrogens is 2. The van der Waals surface area contributed by atoms with Gasteiger partial charge in [0.2, 0.25) is 5.95 Å². The highest BCUT2D eigenvalue weighted by molar-refractivity contribution is 7.92. The minimum atomic E-state index is -3.59. The zero-order valence-corrected chi connectivity index (χ0v) is 26.6. The van der Waals surface area contributed by atoms with E-state index < -0.39 is 26.5 Å². The van der Waals surface area contributed by atoms with Gasteiger partial charge in [-0.3, -0.25) is 0 Å². The number of likely N-dealkylation sites (tertiary alicyclic amines) is 1. The van der Waals surface area contributed by atoms with Crippen molar-refractivity contribution in [2.24, 2.45) is 0 Å². The summed E-state index contributed by atoms with van der Waals surface area (Å²) < 4.78 is 52.3. The zero-order valence-electron chi connectivity index (χ0n) is 25.1. The number of benzene rings is 2. The van der Waals surface area contributed by atoms with Crippen LogP contribution in [0.15, 0.2) is 47.5 Å². The van der Waals surface area contributed by atoms with E-state index in [1.54, 1.807) is 43.0 Å². The second-order valence-corrected chi connectivity index (χ2v) is 14.4. The standard InChI is InChI=1S/C30H37ClFN5O5S/c1-18(2)43(39,40)26-10-8-7-9-23(26)34-27-21(31)17-33-28(36-27)35-24-16-22(32)20(15-25(24)41-6)19-11-13-37(14-12-19)29(38)42-30(3,4)5/h7-10,15-19H,11-14H2,1-6H3,(H2,33,34,35,36). The fourth-order valence-electron chi connectivity index (χ4n) is 4.68. The van der Waals surface area contributed by atoms with Crippen LogP contribution in [0.5, 0.6) is 5.75 Å². The van der Waals surface area contributed by atoms with Crippen molar-refractivity contribution in [3.63, 3.8) is 0 Å². The number of amides is 1. The number of carbonyl (C=O) groups excluding carboxylic acids is 1. The molecular weight excluding hydrogens is 597 g/mol. The topological polar surface area (TPSA) is 123 Å². The summed E-state index contributed by atoms with van der Waals surface area (Å²) in [6.07, 6.45) is 2.14. The number of ether oxygens (including phenoxy) is 2. The van der Waals surface area contributed by atoms with Gasteiger partial charge >= 0.3 is 6.09 Å². The second-order valence-electron chi connectivity index (χ2n) is 11.5. The predicted molar refractivity (Wildman–Crippen MR) is 165 cm³/mol. The molecule has 2 N–H and O–H groups in total. The van der Waals surface area contributed by atoms with Crippen LogP contribution < -0.4 is 15.4 Å². The molecule has 43 heavy (non-hydrogen) atoms. The van der Waals surface area contributed by atoms with Crippen LogP contribution in [0.2, 0.25) is 5.02 Å². The number of sulfone groups is 1. The Kier molecular flexibility index (Phi) is 9.70. The Morgan fingerprint density at radius 3 is 2.42 bits per heavy atom. The summed E-state index contributed by atoms with van der Waals surface area (Å²) in [7, 11) is -2.11. The average Bonchev–Trinajstić information content (AvgIpc) is 2.94. The molecule has 0 saturated carbocycles. The first kappa shape index (κ1) is 32.3. The minimum absolute atomic E-state index is 0.0900. The van der Waals surface area contributed by atoms with Crippen molar-refractivity contribution >= 4 is 50.7 Å². The van der Waals surface area contributed by atoms with E-state index in [0.717, 1.165) is 0 Å². The quantitative estimate of drug-likeness (QED) is 0.268. The third kappa shape index (κ3) is 7.66. The summed E-state index contributed by atoms with van der Waals surface area (Å²) in [6.45, 7) is 9.59. The number of methoxy groups -OCH3 is 1. The van der Waals surface area contributed by atoms with E-state index in [0.29, 0.717) is 48.6 Å². The molecule has 13 heteroatoms. The maximum Gasteiger partial charge on any atom is 0.410 e. The van der Waals surface area contributed by atoms with Crippen molar-refractivity contribution in [1.82, 2.24) is 14.9 Å². The monoisotopic (exact) mass is 633 g/mol. The number of hydrogen-bond donors (Lipinski definition) is 2. The summed E-state index contributed by atoms with van der Waals surface area (Å²) in [5.41, 5.74) is 0.521. The van der Waals surface area contributed by atoms with Crippen molar-refractivity contribution in [3.8, 4) is 5.75 Å². The molecule has 0 radical (unpaired) electrons. The van der Waals surface area contributed by atoms with Gasteiger partial charge in [0.25, 0.3) is 0 Å². The van der Waals surface area contributed by atoms with Gasteiger partial charge in [-0.2, -0.15) is 4.98 Å². The van der Waals surface area contributed by atoms with Crippen molar-refractivity contribution < 1.29 is 27.1 Å². The minimum Gasteiger partial charge on any atom is -0.495 e. The van der Waals surface area contributed by atoms with Crippen LogP contribution in [0.1, 0.15) is 58.9 Å². The van der Waals surface area contributed by atoms with E-state index >= 15 is 4.39 Å². The van der Waals surface area contributed by atoms with Crippen LogP contribution >= 0.6 is 11.6 Å². The molecule has 4 rings (SSSR count). The van der Waals surface area contributed by atoms with E-state index in [1.807, 2.05) is 20.8 Å². The molecule has 1 aromatic heterocycles. The largest absolute Gasteiger partial charge is 0.495 e. The number of anilines is 4. The van der Waals surface area contributed by atoms with Crippen LogP contribution in [0, 0.1) is 5.82 Å². The molecule has 0 unspecified atom stereocenters. The molecule has 1 aliphatic heterocycles. The van der Waals surface area contributed by atoms with E-state index in [1.165, 1.54) is 25.4 Å². The molecule has 0 atom stereocenters. The number of para-hydroxylation sites is 1. The molecule has 0 spiro atoms. The zero-order chi connectivity index (χ0) is 31.5. The molecule has 0 aliphatic carbocycles. The van der Waals surface area contributed by atoms with Crippen LogP contribution in [0.25, 0.3) is 0 Å². The molecule has 2 aromatic carbocycles. The number of rotatable bonds is 8. The van der Waals surface area contributed by atoms with E-state index in [9.17, 15) is 13.2 Å². The summed E-state index contributed by atoms with van der Waals surface area (Å²) in [5, 5.41) is 5.51. The SMILES string of the molecule is COc1cc(C2CCN(C(=O)OC(C)(C)C)CC2)c(F)cc1Nc1ncc(Cl)c(Nc2ccccc2S(=O)(=O)C(C)C)n1. The Hall–Kier alpha value is -3.64. The molecule has 2 heterocycles. The maximum absolute atomic E-state index is 15.5. The van der Waals surface area contributed by atoms with E-state index in [-0.39, 0.29) is 33.7 Å². The molecular formula is C30H37ClFN5O5S. The molecule has 0 bridgehead atoms. The normalized spacial score (nSPS) is 14.5. The predicted octanol–water partition coefficient (Wildman–Crippen LogP) is 7.06. The number of halogens is 2. The first-order valence-electron chi connectivity index (χ1n) is 13.9. The Balaban J connectivity index is 1.53. The molecule has 1 aliphatic rings. The molecule has 1 saturated heterocycles. The molecule has 3 aromatic rings. The van der Waals surface area contributed by atoms with Gasteiger partial charge in [-0.25, -0.2) is 22.6 Å². The molecule has 10 nitrogen and oxygen atoms in total. The first-order chi connectivity index (χ1) is 20.2. The number of nitrogens with zero attached hydrogens (tertiary/aromatic N) is 3. The molecule has 1 fully saturated rings. The van der Waals surface area contributed by atoms with Crippen LogP contribution in [-0.4, -0.2) is 60.4 Å². The fourth-order valence-corrected chi connectivity index (χ4v) is 6.02. The Morgan fingerprint density at radius 2 is 1.79 bits per heavy atom. The van der Waals surface area contributed by atoms with Crippen molar-refractivity contribution in [2.75, 3.05) is 30.8 Å².